The van der Waals surface area contributed by atoms with E-state index in [1.165, 1.54) is 36.4 Å². The Kier molecular flexibility index (Phi) is 6.89. The van der Waals surface area contributed by atoms with Gasteiger partial charge in [0, 0.05) is 17.5 Å². The number of halogens is 2. The van der Waals surface area contributed by atoms with E-state index in [-0.39, 0.29) is 23.5 Å². The number of aromatic amines is 1. The number of nitrogens with zero attached hydrogens (tertiary/aromatic N) is 2. The molecule has 0 saturated carbocycles. The first kappa shape index (κ1) is 22.5. The zero-order chi connectivity index (χ0) is 23.3. The van der Waals surface area contributed by atoms with Gasteiger partial charge in [-0.2, -0.15) is 5.10 Å². The first-order valence-corrected chi connectivity index (χ1v) is 9.87. The van der Waals surface area contributed by atoms with Crippen molar-refractivity contribution < 1.29 is 18.5 Å². The number of carbonyl (C=O) groups excluding carboxylic acids is 1. The number of rotatable bonds is 5. The van der Waals surface area contributed by atoms with E-state index in [0.29, 0.717) is 16.5 Å². The largest absolute Gasteiger partial charge is 0.304 e. The van der Waals surface area contributed by atoms with E-state index in [1.54, 1.807) is 18.2 Å². The highest BCUT2D eigenvalue weighted by Crippen LogP contribution is 2.25. The zero-order valence-corrected chi connectivity index (χ0v) is 17.4. The van der Waals surface area contributed by atoms with E-state index in [0.717, 1.165) is 11.6 Å². The summed E-state index contributed by atoms with van der Waals surface area (Å²) in [5.41, 5.74) is 1.42. The van der Waals surface area contributed by atoms with Crippen molar-refractivity contribution in [2.45, 2.75) is 20.3 Å². The van der Waals surface area contributed by atoms with Gasteiger partial charge in [0.15, 0.2) is 5.82 Å². The molecule has 0 atom stereocenters. The van der Waals surface area contributed by atoms with Gasteiger partial charge in [-0.1, -0.05) is 32.0 Å². The molecule has 0 unspecified atom stereocenters. The van der Waals surface area contributed by atoms with Gasteiger partial charge in [0.1, 0.15) is 17.2 Å². The number of para-hydroxylation sites is 1. The molecule has 2 N–H and O–H groups in total. The maximum absolute atomic E-state index is 13.4. The van der Waals surface area contributed by atoms with Gasteiger partial charge in [-0.05, 0) is 47.9 Å². The summed E-state index contributed by atoms with van der Waals surface area (Å²) in [5.74, 6) is -1.80. The molecule has 4 rings (SSSR count). The molecule has 0 saturated heterocycles. The number of benzene rings is 3. The fourth-order valence-corrected chi connectivity index (χ4v) is 3.21. The summed E-state index contributed by atoms with van der Waals surface area (Å²) in [6, 6.07) is 14.1. The van der Waals surface area contributed by atoms with E-state index in [2.05, 4.69) is 15.5 Å². The summed E-state index contributed by atoms with van der Waals surface area (Å²) in [6.07, 6.45) is 0.271. The molecule has 3 aromatic carbocycles. The number of fused-ring (bicyclic) bond motifs is 1. The molecular formula is C23H20F2N4O3. The molecule has 32 heavy (non-hydrogen) atoms. The van der Waals surface area contributed by atoms with Crippen LogP contribution in [0.25, 0.3) is 10.9 Å². The second kappa shape index (κ2) is 9.78. The highest BCUT2D eigenvalue weighted by molar-refractivity contribution is 6.09. The third-order valence-electron chi connectivity index (χ3n) is 4.54. The number of amides is 1. The summed E-state index contributed by atoms with van der Waals surface area (Å²) >= 11 is 0. The summed E-state index contributed by atoms with van der Waals surface area (Å²) in [5, 5.41) is 21.1. The van der Waals surface area contributed by atoms with Crippen molar-refractivity contribution in [3.8, 4) is 0 Å². The number of nitro groups is 1. The Bertz CT molecular complexity index is 1270. The van der Waals surface area contributed by atoms with Crippen LogP contribution in [0.4, 0.5) is 20.3 Å². The van der Waals surface area contributed by atoms with Gasteiger partial charge in [0.05, 0.1) is 10.4 Å². The lowest BCUT2D eigenvalue weighted by atomic mass is 10.0. The molecule has 0 fully saturated rings. The zero-order valence-electron chi connectivity index (χ0n) is 17.4. The predicted octanol–water partition coefficient (Wildman–Crippen LogP) is 5.62. The molecular weight excluding hydrogens is 418 g/mol. The molecule has 9 heteroatoms. The molecule has 0 aliphatic heterocycles. The van der Waals surface area contributed by atoms with Crippen molar-refractivity contribution >= 4 is 28.3 Å². The molecule has 164 valence electrons. The number of anilines is 1. The van der Waals surface area contributed by atoms with E-state index in [9.17, 15) is 23.7 Å². The molecule has 1 amide bonds. The molecule has 7 nitrogen and oxygen atoms in total. The van der Waals surface area contributed by atoms with Crippen LogP contribution in [0.3, 0.4) is 0 Å². The minimum absolute atomic E-state index is 0.0926. The van der Waals surface area contributed by atoms with Crippen molar-refractivity contribution in [3.05, 3.63) is 99.1 Å². The maximum Gasteiger partial charge on any atom is 0.282 e. The van der Waals surface area contributed by atoms with Crippen molar-refractivity contribution in [3.63, 3.8) is 0 Å². The lowest BCUT2D eigenvalue weighted by molar-refractivity contribution is -0.385. The average Bonchev–Trinajstić information content (AvgIpc) is 3.16. The molecule has 0 bridgehead atoms. The van der Waals surface area contributed by atoms with Crippen LogP contribution in [-0.4, -0.2) is 21.0 Å². The quantitative estimate of drug-likeness (QED) is 0.312. The van der Waals surface area contributed by atoms with Crippen molar-refractivity contribution in [2.75, 3.05) is 5.32 Å². The number of hydrogen-bond acceptors (Lipinski definition) is 4. The van der Waals surface area contributed by atoms with E-state index in [4.69, 9.17) is 0 Å². The highest BCUT2D eigenvalue weighted by atomic mass is 19.1. The summed E-state index contributed by atoms with van der Waals surface area (Å²) in [6.45, 7) is 4.00. The first-order chi connectivity index (χ1) is 15.4. The Labute approximate surface area is 182 Å². The standard InChI is InChI=1S/C21H14F2N4O3.C2H6/c22-14-8-13(9-15(23)11-14)7-12-5-6-18-17(10-12)20(26-25-18)24-21(28)16-3-1-2-4-19(16)27(29)30;1-2/h1-6,8-11H,7H2,(H2,24,25,26,28);1-2H3. The van der Waals surface area contributed by atoms with Crippen LogP contribution in [0.2, 0.25) is 0 Å². The van der Waals surface area contributed by atoms with Gasteiger partial charge in [0.2, 0.25) is 0 Å². The minimum atomic E-state index is -0.673. The summed E-state index contributed by atoms with van der Waals surface area (Å²) < 4.78 is 26.9. The molecule has 0 aliphatic rings. The predicted molar refractivity (Wildman–Crippen MR) is 118 cm³/mol. The van der Waals surface area contributed by atoms with Crippen LogP contribution < -0.4 is 5.32 Å². The van der Waals surface area contributed by atoms with Crippen molar-refractivity contribution in [1.82, 2.24) is 10.2 Å². The number of nitrogens with one attached hydrogen (secondary N) is 2. The van der Waals surface area contributed by atoms with Crippen LogP contribution in [0.5, 0.6) is 0 Å². The van der Waals surface area contributed by atoms with Crippen molar-refractivity contribution in [1.29, 1.82) is 0 Å². The number of nitro benzene ring substituents is 1. The highest BCUT2D eigenvalue weighted by Gasteiger charge is 2.20. The number of aromatic nitrogens is 2. The van der Waals surface area contributed by atoms with Crippen LogP contribution >= 0.6 is 0 Å². The van der Waals surface area contributed by atoms with Gasteiger partial charge in [-0.3, -0.25) is 20.0 Å². The molecule has 0 spiro atoms. The number of hydrogen-bond donors (Lipinski definition) is 2. The monoisotopic (exact) mass is 438 g/mol. The Morgan fingerprint density at radius 2 is 1.72 bits per heavy atom. The van der Waals surface area contributed by atoms with Gasteiger partial charge < -0.3 is 5.32 Å². The summed E-state index contributed by atoms with van der Waals surface area (Å²) in [7, 11) is 0. The van der Waals surface area contributed by atoms with E-state index in [1.807, 2.05) is 13.8 Å². The average molecular weight is 438 g/mol. The molecule has 1 aromatic heterocycles. The fraction of sp³-hybridized carbons (Fsp3) is 0.130. The van der Waals surface area contributed by atoms with Gasteiger partial charge >= 0.3 is 0 Å². The Balaban J connectivity index is 0.00000141. The smallest absolute Gasteiger partial charge is 0.282 e. The number of carbonyl (C=O) groups is 1. The normalized spacial score (nSPS) is 10.4. The SMILES string of the molecule is CC.O=C(Nc1n[nH]c2ccc(Cc3cc(F)cc(F)c3)cc12)c1ccccc1[N+](=O)[O-]. The Morgan fingerprint density at radius 1 is 1.03 bits per heavy atom. The second-order valence-electron chi connectivity index (χ2n) is 6.64. The molecule has 1 heterocycles. The van der Waals surface area contributed by atoms with Crippen LogP contribution in [0.1, 0.15) is 35.3 Å². The Hall–Kier alpha value is -4.14. The van der Waals surface area contributed by atoms with Gasteiger partial charge in [-0.15, -0.1) is 0 Å². The van der Waals surface area contributed by atoms with E-state index >= 15 is 0 Å². The van der Waals surface area contributed by atoms with Gasteiger partial charge in [0.25, 0.3) is 11.6 Å². The second-order valence-corrected chi connectivity index (χ2v) is 6.64. The summed E-state index contributed by atoms with van der Waals surface area (Å²) in [4.78, 5) is 23.1. The third-order valence-corrected chi connectivity index (χ3v) is 4.54. The molecule has 0 radical (unpaired) electrons. The fourth-order valence-electron chi connectivity index (χ4n) is 3.21. The lowest BCUT2D eigenvalue weighted by Crippen LogP contribution is -2.14. The van der Waals surface area contributed by atoms with E-state index < -0.39 is 22.5 Å². The third kappa shape index (κ3) is 4.94. The topological polar surface area (TPSA) is 101 Å². The first-order valence-electron chi connectivity index (χ1n) is 9.87. The molecule has 0 aliphatic carbocycles. The van der Waals surface area contributed by atoms with Crippen LogP contribution in [-0.2, 0) is 6.42 Å². The molecule has 4 aromatic rings. The maximum atomic E-state index is 13.4. The van der Waals surface area contributed by atoms with Crippen LogP contribution in [0, 0.1) is 21.7 Å². The van der Waals surface area contributed by atoms with Crippen LogP contribution in [0.15, 0.2) is 60.7 Å². The number of H-pyrrole nitrogens is 1. The Morgan fingerprint density at radius 3 is 2.41 bits per heavy atom. The minimum Gasteiger partial charge on any atom is -0.304 e. The lowest BCUT2D eigenvalue weighted by Gasteiger charge is -2.06. The van der Waals surface area contributed by atoms with Gasteiger partial charge in [-0.25, -0.2) is 8.78 Å². The van der Waals surface area contributed by atoms with Crippen molar-refractivity contribution in [2.24, 2.45) is 0 Å².